The maximum Gasteiger partial charge on any atom is 0.242 e. The Balaban J connectivity index is 3.84. The van der Waals surface area contributed by atoms with Gasteiger partial charge in [0.15, 0.2) is 0 Å². The van der Waals surface area contributed by atoms with E-state index >= 15 is 0 Å². The molecule has 1 unspecified atom stereocenters. The molecule has 0 rings (SSSR count). The lowest BCUT2D eigenvalue weighted by Gasteiger charge is -2.18. The van der Waals surface area contributed by atoms with Crippen LogP contribution in [-0.2, 0) is 38.1 Å². The van der Waals surface area contributed by atoms with Crippen LogP contribution in [0.25, 0.3) is 0 Å². The molecule has 0 saturated carbocycles. The monoisotopic (exact) mass is 560 g/mol. The molecular formula is C27H52N4O8. The van der Waals surface area contributed by atoms with Crippen molar-refractivity contribution in [1.29, 1.82) is 0 Å². The van der Waals surface area contributed by atoms with Crippen molar-refractivity contribution in [3.05, 3.63) is 0 Å². The van der Waals surface area contributed by atoms with Gasteiger partial charge in [-0.2, -0.15) is 0 Å². The van der Waals surface area contributed by atoms with E-state index in [0.717, 1.165) is 13.0 Å². The summed E-state index contributed by atoms with van der Waals surface area (Å²) in [6, 6.07) is -0.666. The third-order valence-electron chi connectivity index (χ3n) is 5.24. The molecule has 0 aromatic carbocycles. The second-order valence-electron chi connectivity index (χ2n) is 9.40. The lowest BCUT2D eigenvalue weighted by Crippen LogP contribution is -2.47. The van der Waals surface area contributed by atoms with E-state index in [1.54, 1.807) is 6.92 Å². The Morgan fingerprint density at radius 1 is 0.641 bits per heavy atom. The first kappa shape index (κ1) is 36.7. The zero-order valence-electron chi connectivity index (χ0n) is 24.4. The van der Waals surface area contributed by atoms with Crippen molar-refractivity contribution in [3.63, 3.8) is 0 Å². The highest BCUT2D eigenvalue weighted by molar-refractivity contribution is 5.87. The van der Waals surface area contributed by atoms with Crippen LogP contribution in [0.3, 0.4) is 0 Å². The first-order valence-electron chi connectivity index (χ1n) is 14.2. The summed E-state index contributed by atoms with van der Waals surface area (Å²) in [4.78, 5) is 47.9. The van der Waals surface area contributed by atoms with E-state index in [0.29, 0.717) is 72.0 Å². The van der Waals surface area contributed by atoms with Crippen LogP contribution in [0.5, 0.6) is 0 Å². The van der Waals surface area contributed by atoms with Gasteiger partial charge in [-0.1, -0.05) is 27.7 Å². The number of carbonyl (C=O) groups is 4. The Bertz CT molecular complexity index is 664. The Hall–Kier alpha value is -2.28. The number of ether oxygens (including phenoxy) is 4. The van der Waals surface area contributed by atoms with Crippen LogP contribution in [0.2, 0.25) is 0 Å². The van der Waals surface area contributed by atoms with Gasteiger partial charge in [0.1, 0.15) is 6.04 Å². The van der Waals surface area contributed by atoms with Gasteiger partial charge in [0.25, 0.3) is 0 Å². The highest BCUT2D eigenvalue weighted by atomic mass is 16.5. The van der Waals surface area contributed by atoms with Crippen LogP contribution in [0.15, 0.2) is 0 Å². The van der Waals surface area contributed by atoms with Crippen LogP contribution in [0.4, 0.5) is 0 Å². The molecule has 0 saturated heterocycles. The maximum absolute atomic E-state index is 12.5. The van der Waals surface area contributed by atoms with Crippen molar-refractivity contribution in [3.8, 4) is 0 Å². The molecule has 0 aliphatic rings. The zero-order chi connectivity index (χ0) is 29.1. The summed E-state index contributed by atoms with van der Waals surface area (Å²) in [5.41, 5.74) is 0. The third-order valence-corrected chi connectivity index (χ3v) is 5.24. The molecule has 4 N–H and O–H groups in total. The van der Waals surface area contributed by atoms with E-state index < -0.39 is 6.04 Å². The van der Waals surface area contributed by atoms with E-state index in [1.807, 2.05) is 20.8 Å². The average molecular weight is 561 g/mol. The van der Waals surface area contributed by atoms with Crippen molar-refractivity contribution in [2.75, 3.05) is 72.5 Å². The standard InChI is InChI=1S/C27H52N4O8/c1-5-13-36-17-19-38-15-11-29-25(33)9-14-37-18-20-39-16-12-30-27(35)23(31-24(32)6-2)8-7-10-28-26(34)21-22(3)4/h22-23H,5-21H2,1-4H3,(H,28,34)(H,29,33)(H,30,35)(H,31,32). The lowest BCUT2D eigenvalue weighted by molar-refractivity contribution is -0.129. The Morgan fingerprint density at radius 2 is 1.21 bits per heavy atom. The van der Waals surface area contributed by atoms with Gasteiger partial charge in [-0.15, -0.1) is 0 Å². The van der Waals surface area contributed by atoms with Gasteiger partial charge in [0.05, 0.1) is 46.2 Å². The molecule has 0 heterocycles. The quantitative estimate of drug-likeness (QED) is 0.114. The fourth-order valence-electron chi connectivity index (χ4n) is 3.22. The topological polar surface area (TPSA) is 153 Å². The SMILES string of the molecule is CCCOCCOCCNC(=O)CCOCCOCCNC(=O)C(CCCNC(=O)CC(C)C)NC(=O)CC. The van der Waals surface area contributed by atoms with Gasteiger partial charge in [-0.05, 0) is 25.2 Å². The number of carbonyl (C=O) groups excluding carboxylic acids is 4. The molecule has 12 nitrogen and oxygen atoms in total. The summed E-state index contributed by atoms with van der Waals surface area (Å²) < 4.78 is 21.5. The second kappa shape index (κ2) is 26.0. The van der Waals surface area contributed by atoms with E-state index in [4.69, 9.17) is 18.9 Å². The Labute approximate surface area is 234 Å². The van der Waals surface area contributed by atoms with Crippen LogP contribution < -0.4 is 21.3 Å². The fraction of sp³-hybridized carbons (Fsp3) is 0.852. The van der Waals surface area contributed by atoms with Crippen LogP contribution in [0, 0.1) is 5.92 Å². The Kier molecular flexibility index (Phi) is 24.5. The predicted molar refractivity (Wildman–Crippen MR) is 148 cm³/mol. The zero-order valence-corrected chi connectivity index (χ0v) is 24.4. The molecule has 0 bridgehead atoms. The van der Waals surface area contributed by atoms with Crippen molar-refractivity contribution in [2.24, 2.45) is 5.92 Å². The molecular weight excluding hydrogens is 508 g/mol. The first-order valence-corrected chi connectivity index (χ1v) is 14.2. The summed E-state index contributed by atoms with van der Waals surface area (Å²) >= 11 is 0. The minimum atomic E-state index is -0.666. The van der Waals surface area contributed by atoms with Gasteiger partial charge in [0.2, 0.25) is 23.6 Å². The number of rotatable bonds is 26. The molecule has 228 valence electrons. The van der Waals surface area contributed by atoms with Crippen LogP contribution in [0.1, 0.15) is 66.2 Å². The summed E-state index contributed by atoms with van der Waals surface area (Å²) in [7, 11) is 0. The summed E-state index contributed by atoms with van der Waals surface area (Å²) in [5, 5.41) is 11.1. The van der Waals surface area contributed by atoms with E-state index in [1.165, 1.54) is 0 Å². The third kappa shape index (κ3) is 24.5. The maximum atomic E-state index is 12.5. The summed E-state index contributed by atoms with van der Waals surface area (Å²) in [6.45, 7) is 12.4. The second-order valence-corrected chi connectivity index (χ2v) is 9.40. The van der Waals surface area contributed by atoms with Gasteiger partial charge in [0, 0.05) is 45.5 Å². The van der Waals surface area contributed by atoms with Crippen LogP contribution >= 0.6 is 0 Å². The van der Waals surface area contributed by atoms with Gasteiger partial charge in [-0.3, -0.25) is 19.2 Å². The Morgan fingerprint density at radius 3 is 1.79 bits per heavy atom. The highest BCUT2D eigenvalue weighted by Gasteiger charge is 2.19. The van der Waals surface area contributed by atoms with Crippen molar-refractivity contribution in [1.82, 2.24) is 21.3 Å². The molecule has 0 spiro atoms. The molecule has 0 aliphatic carbocycles. The van der Waals surface area contributed by atoms with E-state index in [9.17, 15) is 19.2 Å². The molecule has 12 heteroatoms. The largest absolute Gasteiger partial charge is 0.379 e. The smallest absolute Gasteiger partial charge is 0.242 e. The summed E-state index contributed by atoms with van der Waals surface area (Å²) in [6.07, 6.45) is 2.96. The molecule has 0 fully saturated rings. The van der Waals surface area contributed by atoms with Gasteiger partial charge >= 0.3 is 0 Å². The molecule has 0 aliphatic heterocycles. The first-order chi connectivity index (χ1) is 18.8. The van der Waals surface area contributed by atoms with Crippen molar-refractivity contribution in [2.45, 2.75) is 72.3 Å². The number of amides is 4. The minimum absolute atomic E-state index is 0.0156. The normalized spacial score (nSPS) is 11.7. The van der Waals surface area contributed by atoms with Crippen molar-refractivity contribution >= 4 is 23.6 Å². The molecule has 4 amide bonds. The predicted octanol–water partition coefficient (Wildman–Crippen LogP) is 0.923. The molecule has 0 aromatic rings. The number of hydrogen-bond donors (Lipinski definition) is 4. The fourth-order valence-corrected chi connectivity index (χ4v) is 3.22. The number of hydrogen-bond acceptors (Lipinski definition) is 8. The molecule has 1 atom stereocenters. The number of nitrogens with one attached hydrogen (secondary N) is 4. The van der Waals surface area contributed by atoms with E-state index in [-0.39, 0.29) is 55.5 Å². The van der Waals surface area contributed by atoms with Gasteiger partial charge in [-0.25, -0.2) is 0 Å². The van der Waals surface area contributed by atoms with E-state index in [2.05, 4.69) is 21.3 Å². The lowest BCUT2D eigenvalue weighted by atomic mass is 10.1. The molecule has 39 heavy (non-hydrogen) atoms. The summed E-state index contributed by atoms with van der Waals surface area (Å²) in [5.74, 6) is -0.330. The van der Waals surface area contributed by atoms with Crippen molar-refractivity contribution < 1.29 is 38.1 Å². The van der Waals surface area contributed by atoms with Crippen LogP contribution in [-0.4, -0.2) is 102 Å². The molecule has 0 radical (unpaired) electrons. The average Bonchev–Trinajstić information content (AvgIpc) is 2.90. The van der Waals surface area contributed by atoms with Gasteiger partial charge < -0.3 is 40.2 Å². The molecule has 0 aromatic heterocycles. The highest BCUT2D eigenvalue weighted by Crippen LogP contribution is 2.01. The minimum Gasteiger partial charge on any atom is -0.379 e.